The SMILES string of the molecule is N=C(c1cc(O)cc(F)c1)c1c(N)ncnc1N.c1cc2c(cc1N1CCOCC1)NCCC2. The van der Waals surface area contributed by atoms with Crippen molar-refractivity contribution in [3.05, 3.63) is 65.2 Å². The number of aryl methyl sites for hydroxylation is 1. The van der Waals surface area contributed by atoms with Gasteiger partial charge in [0.05, 0.1) is 24.5 Å². The van der Waals surface area contributed by atoms with Gasteiger partial charge >= 0.3 is 0 Å². The second-order valence-corrected chi connectivity index (χ2v) is 8.06. The first-order valence-corrected chi connectivity index (χ1v) is 11.1. The number of nitrogen functional groups attached to an aromatic ring is 2. The van der Waals surface area contributed by atoms with E-state index in [-0.39, 0.29) is 34.2 Å². The number of aromatic nitrogens is 2. The zero-order valence-electron chi connectivity index (χ0n) is 18.7. The number of nitrogens with zero attached hydrogens (tertiary/aromatic N) is 3. The van der Waals surface area contributed by atoms with Crippen LogP contribution >= 0.6 is 0 Å². The Balaban J connectivity index is 0.000000162. The lowest BCUT2D eigenvalue weighted by atomic mass is 10.0. The number of halogens is 1. The molecule has 178 valence electrons. The van der Waals surface area contributed by atoms with Gasteiger partial charge in [0.2, 0.25) is 0 Å². The lowest BCUT2D eigenvalue weighted by Gasteiger charge is -2.30. The van der Waals surface area contributed by atoms with Crippen molar-refractivity contribution in [3.63, 3.8) is 0 Å². The van der Waals surface area contributed by atoms with Crippen LogP contribution in [0.4, 0.5) is 27.4 Å². The molecular formula is C24H28FN7O2. The summed E-state index contributed by atoms with van der Waals surface area (Å²) in [5.74, 6) is -0.903. The molecule has 0 aliphatic carbocycles. The number of benzene rings is 2. The molecule has 3 heterocycles. The fraction of sp³-hybridized carbons (Fsp3) is 0.292. The highest BCUT2D eigenvalue weighted by Gasteiger charge is 2.16. The molecule has 7 N–H and O–H groups in total. The summed E-state index contributed by atoms with van der Waals surface area (Å²) in [6, 6.07) is 10.1. The Hall–Kier alpha value is -3.92. The van der Waals surface area contributed by atoms with E-state index in [0.29, 0.717) is 0 Å². The molecule has 0 spiro atoms. The normalized spacial score (nSPS) is 14.9. The van der Waals surface area contributed by atoms with Gasteiger partial charge in [0.1, 0.15) is 29.5 Å². The predicted octanol–water partition coefficient (Wildman–Crippen LogP) is 2.78. The van der Waals surface area contributed by atoms with Crippen LogP contribution < -0.4 is 21.7 Å². The number of morpholine rings is 1. The topological polar surface area (TPSA) is 146 Å². The van der Waals surface area contributed by atoms with Gasteiger partial charge in [-0.25, -0.2) is 14.4 Å². The summed E-state index contributed by atoms with van der Waals surface area (Å²) in [7, 11) is 0. The van der Waals surface area contributed by atoms with Crippen LogP contribution in [-0.4, -0.2) is 53.6 Å². The molecule has 0 unspecified atom stereocenters. The van der Waals surface area contributed by atoms with E-state index >= 15 is 0 Å². The van der Waals surface area contributed by atoms with Crippen molar-refractivity contribution in [2.24, 2.45) is 0 Å². The Labute approximate surface area is 197 Å². The maximum Gasteiger partial charge on any atom is 0.138 e. The van der Waals surface area contributed by atoms with Gasteiger partial charge in [-0.3, -0.25) is 5.41 Å². The van der Waals surface area contributed by atoms with E-state index in [1.54, 1.807) is 0 Å². The molecule has 0 amide bonds. The lowest BCUT2D eigenvalue weighted by molar-refractivity contribution is 0.122. The quantitative estimate of drug-likeness (QED) is 0.371. The predicted molar refractivity (Wildman–Crippen MR) is 131 cm³/mol. The molecule has 0 radical (unpaired) electrons. The Morgan fingerprint density at radius 3 is 2.53 bits per heavy atom. The Morgan fingerprint density at radius 2 is 1.82 bits per heavy atom. The van der Waals surface area contributed by atoms with Gasteiger partial charge in [-0.05, 0) is 42.7 Å². The third kappa shape index (κ3) is 5.34. The summed E-state index contributed by atoms with van der Waals surface area (Å²) < 4.78 is 18.5. The summed E-state index contributed by atoms with van der Waals surface area (Å²) in [5, 5.41) is 20.7. The number of nitrogens with one attached hydrogen (secondary N) is 2. The van der Waals surface area contributed by atoms with Crippen LogP contribution in [0, 0.1) is 11.2 Å². The largest absolute Gasteiger partial charge is 0.508 e. The van der Waals surface area contributed by atoms with Crippen LogP contribution in [0.15, 0.2) is 42.7 Å². The molecule has 10 heteroatoms. The Kier molecular flexibility index (Phi) is 7.07. The minimum absolute atomic E-state index is 0.0243. The van der Waals surface area contributed by atoms with E-state index < -0.39 is 5.82 Å². The van der Waals surface area contributed by atoms with E-state index in [1.807, 2.05) is 0 Å². The van der Waals surface area contributed by atoms with E-state index in [2.05, 4.69) is 38.4 Å². The first kappa shape index (κ1) is 23.2. The average molecular weight is 466 g/mol. The van der Waals surface area contributed by atoms with Gasteiger partial charge in [0.25, 0.3) is 0 Å². The highest BCUT2D eigenvalue weighted by Crippen LogP contribution is 2.28. The molecule has 0 atom stereocenters. The number of phenols is 1. The Morgan fingerprint density at radius 1 is 1.09 bits per heavy atom. The van der Waals surface area contributed by atoms with Crippen molar-refractivity contribution in [1.29, 1.82) is 5.41 Å². The molecule has 1 aromatic heterocycles. The summed E-state index contributed by atoms with van der Waals surface area (Å²) in [4.78, 5) is 9.84. The fourth-order valence-corrected chi connectivity index (χ4v) is 4.00. The van der Waals surface area contributed by atoms with E-state index in [4.69, 9.17) is 21.6 Å². The number of rotatable bonds is 3. The zero-order chi connectivity index (χ0) is 24.1. The molecule has 1 saturated heterocycles. The minimum atomic E-state index is -0.663. The molecule has 34 heavy (non-hydrogen) atoms. The number of phenolic OH excluding ortho intramolecular Hbond substituents is 1. The molecule has 3 aromatic rings. The number of anilines is 4. The maximum absolute atomic E-state index is 13.2. The standard InChI is InChI=1S/C13H18N2O.C11H10FN5O/c1-2-11-3-4-12(10-13(11)14-5-1)15-6-8-16-9-7-15;12-6-1-5(2-7(18)3-6)9(13)8-10(14)16-4-17-11(8)15/h3-4,10,14H,1-2,5-9H2;1-4,13,18H,(H4,14,15,16,17). The van der Waals surface area contributed by atoms with Gasteiger partial charge < -0.3 is 31.5 Å². The molecule has 0 bridgehead atoms. The van der Waals surface area contributed by atoms with Crippen LogP contribution in [0.25, 0.3) is 0 Å². The van der Waals surface area contributed by atoms with Crippen LogP contribution in [0.2, 0.25) is 0 Å². The summed E-state index contributed by atoms with van der Waals surface area (Å²) in [6.45, 7) is 4.84. The van der Waals surface area contributed by atoms with Gasteiger partial charge in [0, 0.05) is 42.6 Å². The van der Waals surface area contributed by atoms with Crippen LogP contribution in [-0.2, 0) is 11.2 Å². The van der Waals surface area contributed by atoms with Crippen molar-refractivity contribution in [2.75, 3.05) is 54.5 Å². The lowest BCUT2D eigenvalue weighted by Crippen LogP contribution is -2.36. The molecule has 2 aliphatic rings. The smallest absolute Gasteiger partial charge is 0.138 e. The van der Waals surface area contributed by atoms with Crippen LogP contribution in [0.5, 0.6) is 5.75 Å². The number of ether oxygens (including phenoxy) is 1. The van der Waals surface area contributed by atoms with Crippen molar-refractivity contribution in [1.82, 2.24) is 9.97 Å². The second-order valence-electron chi connectivity index (χ2n) is 8.06. The van der Waals surface area contributed by atoms with Gasteiger partial charge in [-0.15, -0.1) is 0 Å². The van der Waals surface area contributed by atoms with Gasteiger partial charge in [-0.2, -0.15) is 0 Å². The van der Waals surface area contributed by atoms with Crippen molar-refractivity contribution in [2.45, 2.75) is 12.8 Å². The number of aromatic hydroxyl groups is 1. The first-order chi connectivity index (χ1) is 16.4. The third-order valence-corrected chi connectivity index (χ3v) is 5.74. The number of hydrogen-bond donors (Lipinski definition) is 5. The van der Waals surface area contributed by atoms with Gasteiger partial charge in [0.15, 0.2) is 0 Å². The van der Waals surface area contributed by atoms with Crippen LogP contribution in [0.3, 0.4) is 0 Å². The number of fused-ring (bicyclic) bond motifs is 1. The summed E-state index contributed by atoms with van der Waals surface area (Å²) >= 11 is 0. The second kappa shape index (κ2) is 10.3. The van der Waals surface area contributed by atoms with E-state index in [0.717, 1.165) is 45.0 Å². The monoisotopic (exact) mass is 465 g/mol. The zero-order valence-corrected chi connectivity index (χ0v) is 18.7. The van der Waals surface area contributed by atoms with Crippen molar-refractivity contribution < 1.29 is 14.2 Å². The fourth-order valence-electron chi connectivity index (χ4n) is 4.00. The molecule has 2 aliphatic heterocycles. The summed E-state index contributed by atoms with van der Waals surface area (Å²) in [6.07, 6.45) is 3.64. The first-order valence-electron chi connectivity index (χ1n) is 11.1. The molecular weight excluding hydrogens is 437 g/mol. The van der Waals surface area contributed by atoms with Gasteiger partial charge in [-0.1, -0.05) is 6.07 Å². The van der Waals surface area contributed by atoms with Crippen molar-refractivity contribution in [3.8, 4) is 5.75 Å². The van der Waals surface area contributed by atoms with Crippen molar-refractivity contribution >= 4 is 28.7 Å². The number of hydrogen-bond acceptors (Lipinski definition) is 9. The molecule has 5 rings (SSSR count). The van der Waals surface area contributed by atoms with E-state index in [9.17, 15) is 9.50 Å². The number of nitrogens with two attached hydrogens (primary N) is 2. The summed E-state index contributed by atoms with van der Waals surface area (Å²) in [5.41, 5.74) is 15.4. The average Bonchev–Trinajstić information content (AvgIpc) is 2.84. The molecule has 2 aromatic carbocycles. The molecule has 0 saturated carbocycles. The highest BCUT2D eigenvalue weighted by molar-refractivity contribution is 6.16. The maximum atomic E-state index is 13.2. The van der Waals surface area contributed by atoms with E-state index in [1.165, 1.54) is 42.2 Å². The minimum Gasteiger partial charge on any atom is -0.508 e. The third-order valence-electron chi connectivity index (χ3n) is 5.74. The molecule has 1 fully saturated rings. The highest BCUT2D eigenvalue weighted by atomic mass is 19.1. The Bertz CT molecular complexity index is 1140. The van der Waals surface area contributed by atoms with Crippen LogP contribution in [0.1, 0.15) is 23.1 Å². The molecule has 9 nitrogen and oxygen atoms in total.